The third kappa shape index (κ3) is 24.7. The molecule has 0 aliphatic carbocycles. The molecular weight excluding hydrogens is 817 g/mol. The van der Waals surface area contributed by atoms with E-state index in [0.717, 1.165) is 83.5 Å². The molecule has 7 N–H and O–H groups in total. The van der Waals surface area contributed by atoms with Gasteiger partial charge in [0.05, 0.1) is 19.8 Å². The summed E-state index contributed by atoms with van der Waals surface area (Å²) in [5.74, 6) is -0.954. The van der Waals surface area contributed by atoms with Gasteiger partial charge in [0.1, 0.15) is 55.4 Å². The van der Waals surface area contributed by atoms with E-state index >= 15 is 0 Å². The number of aliphatic hydroxyl groups excluding tert-OH is 7. The Morgan fingerprint density at radius 2 is 0.952 bits per heavy atom. The first-order valence-corrected chi connectivity index (χ1v) is 24.1. The first-order valence-electron chi connectivity index (χ1n) is 24.1. The van der Waals surface area contributed by atoms with Crippen LogP contribution in [0.2, 0.25) is 0 Å². The molecule has 0 saturated carbocycles. The predicted octanol–water partition coefficient (Wildman–Crippen LogP) is 5.76. The van der Waals surface area contributed by atoms with Crippen LogP contribution >= 0.6 is 0 Å². The molecule has 366 valence electrons. The number of allylic oxidation sites excluding steroid dienone is 6. The zero-order valence-corrected chi connectivity index (χ0v) is 38.3. The lowest BCUT2D eigenvalue weighted by atomic mass is 9.98. The first kappa shape index (κ1) is 56.8. The van der Waals surface area contributed by atoms with E-state index in [4.69, 9.17) is 28.4 Å². The summed E-state index contributed by atoms with van der Waals surface area (Å²) >= 11 is 0. The van der Waals surface area contributed by atoms with Crippen LogP contribution in [0.15, 0.2) is 36.5 Å². The van der Waals surface area contributed by atoms with E-state index in [2.05, 4.69) is 50.3 Å². The molecule has 15 nitrogen and oxygen atoms in total. The van der Waals surface area contributed by atoms with Crippen molar-refractivity contribution in [3.8, 4) is 0 Å². The molecule has 2 fully saturated rings. The van der Waals surface area contributed by atoms with E-state index in [1.807, 2.05) is 0 Å². The summed E-state index contributed by atoms with van der Waals surface area (Å²) in [6, 6.07) is 0. The molecule has 63 heavy (non-hydrogen) atoms. The van der Waals surface area contributed by atoms with Crippen molar-refractivity contribution in [2.75, 3.05) is 26.4 Å². The molecule has 0 radical (unpaired) electrons. The van der Waals surface area contributed by atoms with Crippen molar-refractivity contribution >= 4 is 11.9 Å². The summed E-state index contributed by atoms with van der Waals surface area (Å²) in [4.78, 5) is 25.7. The highest BCUT2D eigenvalue weighted by molar-refractivity contribution is 5.70. The maximum absolute atomic E-state index is 13.0. The van der Waals surface area contributed by atoms with Crippen molar-refractivity contribution in [1.29, 1.82) is 0 Å². The second-order valence-corrected chi connectivity index (χ2v) is 16.9. The molecule has 0 amide bonds. The number of hydrogen-bond donors (Lipinski definition) is 7. The standard InChI is InChI=1S/C48H84O15/c1-3-5-7-9-11-13-15-17-18-19-21-23-25-27-29-31-40(51)61-36(33-58-39(50)30-28-26-24-22-20-16-14-12-10-8-6-4-2)34-59-47-46(57)44(55)42(53)38(63-47)35-60-48-45(56)43(54)41(52)37(32-49)62-48/h11-14,17-18,36-38,41-49,52-57H,3-10,15-16,19-35H2,1-2H3/b13-11-,14-12-,18-17-. The highest BCUT2D eigenvalue weighted by atomic mass is 16.7. The van der Waals surface area contributed by atoms with Crippen molar-refractivity contribution in [2.45, 2.75) is 229 Å². The van der Waals surface area contributed by atoms with Crippen LogP contribution in [-0.2, 0) is 38.0 Å². The summed E-state index contributed by atoms with van der Waals surface area (Å²) in [6.07, 6.45) is 18.9. The van der Waals surface area contributed by atoms with Crippen LogP contribution in [0.3, 0.4) is 0 Å². The van der Waals surface area contributed by atoms with Crippen LogP contribution in [0.25, 0.3) is 0 Å². The fourth-order valence-corrected chi connectivity index (χ4v) is 7.30. The molecular formula is C48H84O15. The summed E-state index contributed by atoms with van der Waals surface area (Å²) in [5.41, 5.74) is 0. The second kappa shape index (κ2) is 35.9. The van der Waals surface area contributed by atoms with Gasteiger partial charge >= 0.3 is 11.9 Å². The van der Waals surface area contributed by atoms with E-state index in [1.54, 1.807) is 0 Å². The average Bonchev–Trinajstić information content (AvgIpc) is 3.28. The molecule has 2 aliphatic heterocycles. The number of esters is 2. The van der Waals surface area contributed by atoms with Crippen LogP contribution in [-0.4, -0.2) is 142 Å². The Morgan fingerprint density at radius 1 is 0.508 bits per heavy atom. The van der Waals surface area contributed by atoms with Gasteiger partial charge in [0.2, 0.25) is 0 Å². The molecule has 2 heterocycles. The fourth-order valence-electron chi connectivity index (χ4n) is 7.30. The molecule has 11 atom stereocenters. The Bertz CT molecular complexity index is 1240. The number of hydrogen-bond acceptors (Lipinski definition) is 15. The molecule has 2 saturated heterocycles. The van der Waals surface area contributed by atoms with Crippen molar-refractivity contribution in [1.82, 2.24) is 0 Å². The Labute approximate surface area is 376 Å². The summed E-state index contributed by atoms with van der Waals surface area (Å²) < 4.78 is 33.5. The normalized spacial score (nSPS) is 27.1. The van der Waals surface area contributed by atoms with Gasteiger partial charge in [-0.3, -0.25) is 9.59 Å². The van der Waals surface area contributed by atoms with Crippen molar-refractivity contribution < 1.29 is 73.8 Å². The highest BCUT2D eigenvalue weighted by Gasteiger charge is 2.47. The van der Waals surface area contributed by atoms with Crippen LogP contribution in [0.1, 0.15) is 162 Å². The minimum atomic E-state index is -1.77. The third-order valence-electron chi connectivity index (χ3n) is 11.3. The van der Waals surface area contributed by atoms with Gasteiger partial charge in [-0.1, -0.05) is 115 Å². The predicted molar refractivity (Wildman–Crippen MR) is 238 cm³/mol. The Balaban J connectivity index is 1.85. The van der Waals surface area contributed by atoms with E-state index in [-0.39, 0.29) is 26.1 Å². The van der Waals surface area contributed by atoms with Gasteiger partial charge < -0.3 is 64.2 Å². The fraction of sp³-hybridized carbons (Fsp3) is 0.833. The Hall–Kier alpha value is -2.28. The van der Waals surface area contributed by atoms with Crippen molar-refractivity contribution in [2.24, 2.45) is 0 Å². The Kier molecular flexibility index (Phi) is 32.4. The van der Waals surface area contributed by atoms with Gasteiger partial charge in [-0.2, -0.15) is 0 Å². The molecule has 11 unspecified atom stereocenters. The van der Waals surface area contributed by atoms with Gasteiger partial charge in [0.15, 0.2) is 18.7 Å². The van der Waals surface area contributed by atoms with Crippen LogP contribution in [0.5, 0.6) is 0 Å². The minimum absolute atomic E-state index is 0.147. The average molecular weight is 901 g/mol. The molecule has 0 bridgehead atoms. The van der Waals surface area contributed by atoms with Gasteiger partial charge in [-0.25, -0.2) is 0 Å². The first-order chi connectivity index (χ1) is 30.5. The molecule has 0 spiro atoms. The molecule has 0 aromatic rings. The van der Waals surface area contributed by atoms with Gasteiger partial charge in [0.25, 0.3) is 0 Å². The minimum Gasteiger partial charge on any atom is -0.462 e. The van der Waals surface area contributed by atoms with Gasteiger partial charge in [-0.15, -0.1) is 0 Å². The van der Waals surface area contributed by atoms with E-state index in [1.165, 1.54) is 38.5 Å². The van der Waals surface area contributed by atoms with Gasteiger partial charge in [0, 0.05) is 12.8 Å². The third-order valence-corrected chi connectivity index (χ3v) is 11.3. The molecule has 2 rings (SSSR count). The maximum Gasteiger partial charge on any atom is 0.306 e. The number of carbonyl (C=O) groups is 2. The number of ether oxygens (including phenoxy) is 6. The monoisotopic (exact) mass is 901 g/mol. The lowest BCUT2D eigenvalue weighted by molar-refractivity contribution is -0.332. The summed E-state index contributed by atoms with van der Waals surface area (Å²) in [6.45, 7) is 2.50. The number of aliphatic hydroxyl groups is 7. The zero-order valence-electron chi connectivity index (χ0n) is 38.3. The van der Waals surface area contributed by atoms with Crippen LogP contribution in [0, 0.1) is 0 Å². The molecule has 15 heteroatoms. The van der Waals surface area contributed by atoms with Crippen molar-refractivity contribution in [3.63, 3.8) is 0 Å². The van der Waals surface area contributed by atoms with E-state index < -0.39 is 92.7 Å². The maximum atomic E-state index is 13.0. The second-order valence-electron chi connectivity index (χ2n) is 16.9. The zero-order chi connectivity index (χ0) is 46.1. The van der Waals surface area contributed by atoms with E-state index in [0.29, 0.717) is 12.8 Å². The summed E-state index contributed by atoms with van der Waals surface area (Å²) in [7, 11) is 0. The largest absolute Gasteiger partial charge is 0.462 e. The van der Waals surface area contributed by atoms with E-state index in [9.17, 15) is 45.3 Å². The quantitative estimate of drug-likeness (QED) is 0.0225. The highest BCUT2D eigenvalue weighted by Crippen LogP contribution is 2.26. The lowest BCUT2D eigenvalue weighted by Crippen LogP contribution is -2.61. The molecule has 2 aliphatic rings. The van der Waals surface area contributed by atoms with Gasteiger partial charge in [-0.05, 0) is 70.6 Å². The SMILES string of the molecule is CCCCC/C=C\C/C=C\CCCCCCCC(=O)OC(COC(=O)CCCCCCC/C=C\CCCCC)COC1OC(COC2OC(CO)C(O)C(O)C2O)C(O)C(O)C1O. The molecule has 0 aromatic carbocycles. The van der Waals surface area contributed by atoms with Crippen LogP contribution in [0.4, 0.5) is 0 Å². The summed E-state index contributed by atoms with van der Waals surface area (Å²) in [5, 5.41) is 71.9. The number of carbonyl (C=O) groups excluding carboxylic acids is 2. The topological polar surface area (TPSA) is 231 Å². The Morgan fingerprint density at radius 3 is 1.49 bits per heavy atom. The molecule has 0 aromatic heterocycles. The lowest BCUT2D eigenvalue weighted by Gasteiger charge is -2.42. The number of unbranched alkanes of at least 4 members (excludes halogenated alkanes) is 16. The number of rotatable bonds is 36. The van der Waals surface area contributed by atoms with Crippen LogP contribution < -0.4 is 0 Å². The van der Waals surface area contributed by atoms with Crippen molar-refractivity contribution in [3.05, 3.63) is 36.5 Å². The smallest absolute Gasteiger partial charge is 0.306 e.